The molecular formula is C15H25NO2. The number of hydrogen-bond donors (Lipinski definition) is 1. The number of methoxy groups -OCH3 is 1. The molecule has 18 heavy (non-hydrogen) atoms. The Balaban J connectivity index is 2.10. The molecule has 0 aromatic heterocycles. The molecule has 0 aliphatic carbocycles. The van der Waals surface area contributed by atoms with Crippen LogP contribution in [0, 0.1) is 0 Å². The molecule has 102 valence electrons. The summed E-state index contributed by atoms with van der Waals surface area (Å²) in [6.07, 6.45) is 3.47. The Morgan fingerprint density at radius 2 is 1.78 bits per heavy atom. The third kappa shape index (κ3) is 5.92. The molecule has 0 spiro atoms. The van der Waals surface area contributed by atoms with Gasteiger partial charge >= 0.3 is 0 Å². The fourth-order valence-corrected chi connectivity index (χ4v) is 1.71. The second kappa shape index (κ2) is 8.81. The molecule has 0 unspecified atom stereocenters. The zero-order valence-electron chi connectivity index (χ0n) is 11.7. The van der Waals surface area contributed by atoms with E-state index in [0.717, 1.165) is 31.1 Å². The van der Waals surface area contributed by atoms with Crippen molar-refractivity contribution in [3.05, 3.63) is 24.3 Å². The monoisotopic (exact) mass is 251 g/mol. The summed E-state index contributed by atoms with van der Waals surface area (Å²) >= 11 is 0. The summed E-state index contributed by atoms with van der Waals surface area (Å²) in [7, 11) is 1.67. The van der Waals surface area contributed by atoms with Crippen molar-refractivity contribution in [3.63, 3.8) is 0 Å². The van der Waals surface area contributed by atoms with Gasteiger partial charge in [0.1, 0.15) is 0 Å². The zero-order valence-corrected chi connectivity index (χ0v) is 11.7. The fraction of sp³-hybridized carbons (Fsp3) is 0.600. The predicted molar refractivity (Wildman–Crippen MR) is 75.5 cm³/mol. The van der Waals surface area contributed by atoms with Crippen LogP contribution in [0.3, 0.4) is 0 Å². The van der Waals surface area contributed by atoms with Crippen LogP contribution in [0.15, 0.2) is 24.3 Å². The molecule has 0 radical (unpaired) electrons. The second-order valence-corrected chi connectivity index (χ2v) is 4.67. The summed E-state index contributed by atoms with van der Waals surface area (Å²) < 4.78 is 10.9. The van der Waals surface area contributed by atoms with E-state index in [4.69, 9.17) is 9.47 Å². The van der Waals surface area contributed by atoms with Gasteiger partial charge in [-0.25, -0.2) is 0 Å². The molecule has 1 N–H and O–H groups in total. The lowest BCUT2D eigenvalue weighted by Crippen LogP contribution is -2.23. The number of ether oxygens (including phenoxy) is 2. The normalized spacial score (nSPS) is 10.7. The molecule has 3 heteroatoms. The van der Waals surface area contributed by atoms with E-state index in [1.54, 1.807) is 7.11 Å². The van der Waals surface area contributed by atoms with E-state index in [1.807, 2.05) is 24.3 Å². The Morgan fingerprint density at radius 1 is 1.06 bits per heavy atom. The fourth-order valence-electron chi connectivity index (χ4n) is 1.71. The average Bonchev–Trinajstić information content (AvgIpc) is 2.37. The number of para-hydroxylation sites is 2. The summed E-state index contributed by atoms with van der Waals surface area (Å²) in [5, 5.41) is 3.41. The van der Waals surface area contributed by atoms with Gasteiger partial charge in [0.25, 0.3) is 0 Å². The maximum absolute atomic E-state index is 5.71. The lowest BCUT2D eigenvalue weighted by molar-refractivity contribution is 0.285. The van der Waals surface area contributed by atoms with Gasteiger partial charge in [-0.3, -0.25) is 0 Å². The van der Waals surface area contributed by atoms with Gasteiger partial charge < -0.3 is 14.8 Å². The van der Waals surface area contributed by atoms with Crippen LogP contribution in [-0.4, -0.2) is 26.3 Å². The third-order valence-corrected chi connectivity index (χ3v) is 2.70. The Labute approximate surface area is 110 Å². The Kier molecular flexibility index (Phi) is 7.26. The van der Waals surface area contributed by atoms with Gasteiger partial charge in [0.2, 0.25) is 0 Å². The molecule has 0 fully saturated rings. The van der Waals surface area contributed by atoms with Crippen molar-refractivity contribution in [1.29, 1.82) is 0 Å². The van der Waals surface area contributed by atoms with Crippen molar-refractivity contribution in [3.8, 4) is 11.5 Å². The molecule has 0 saturated heterocycles. The number of hydrogen-bond acceptors (Lipinski definition) is 3. The summed E-state index contributed by atoms with van der Waals surface area (Å²) in [6, 6.07) is 8.35. The summed E-state index contributed by atoms with van der Waals surface area (Å²) in [5.74, 6) is 1.64. The minimum atomic E-state index is 0.579. The van der Waals surface area contributed by atoms with E-state index in [2.05, 4.69) is 19.2 Å². The van der Waals surface area contributed by atoms with Crippen molar-refractivity contribution in [2.75, 3.05) is 20.3 Å². The highest BCUT2D eigenvalue weighted by atomic mass is 16.5. The molecule has 0 amide bonds. The largest absolute Gasteiger partial charge is 0.493 e. The Hall–Kier alpha value is -1.22. The quantitative estimate of drug-likeness (QED) is 0.683. The van der Waals surface area contributed by atoms with Crippen LogP contribution in [0.2, 0.25) is 0 Å². The third-order valence-electron chi connectivity index (χ3n) is 2.70. The van der Waals surface area contributed by atoms with Crippen molar-refractivity contribution >= 4 is 0 Å². The number of rotatable bonds is 9. The van der Waals surface area contributed by atoms with Crippen LogP contribution in [0.4, 0.5) is 0 Å². The Bertz CT molecular complexity index is 326. The second-order valence-electron chi connectivity index (χ2n) is 4.67. The highest BCUT2D eigenvalue weighted by molar-refractivity contribution is 5.39. The van der Waals surface area contributed by atoms with E-state index in [-0.39, 0.29) is 0 Å². The minimum Gasteiger partial charge on any atom is -0.493 e. The molecule has 0 aliphatic heterocycles. The number of unbranched alkanes of at least 4 members (excludes halogenated alkanes) is 2. The lowest BCUT2D eigenvalue weighted by Gasteiger charge is -2.10. The molecular weight excluding hydrogens is 226 g/mol. The van der Waals surface area contributed by atoms with E-state index in [9.17, 15) is 0 Å². The van der Waals surface area contributed by atoms with Crippen molar-refractivity contribution < 1.29 is 9.47 Å². The summed E-state index contributed by atoms with van der Waals surface area (Å²) in [6.45, 7) is 6.18. The first kappa shape index (κ1) is 14.8. The molecule has 0 heterocycles. The first-order valence-corrected chi connectivity index (χ1v) is 6.73. The lowest BCUT2D eigenvalue weighted by atomic mass is 10.2. The molecule has 0 aliphatic rings. The van der Waals surface area contributed by atoms with Crippen molar-refractivity contribution in [2.24, 2.45) is 0 Å². The topological polar surface area (TPSA) is 30.5 Å². The van der Waals surface area contributed by atoms with E-state index in [1.165, 1.54) is 12.8 Å². The summed E-state index contributed by atoms with van der Waals surface area (Å²) in [4.78, 5) is 0. The maximum Gasteiger partial charge on any atom is 0.161 e. The molecule has 1 aromatic rings. The van der Waals surface area contributed by atoms with Crippen LogP contribution in [0.25, 0.3) is 0 Å². The predicted octanol–water partition coefficient (Wildman–Crippen LogP) is 3.24. The minimum absolute atomic E-state index is 0.579. The van der Waals surface area contributed by atoms with Crippen LogP contribution in [-0.2, 0) is 0 Å². The summed E-state index contributed by atoms with van der Waals surface area (Å²) in [5.41, 5.74) is 0. The standard InChI is InChI=1S/C15H25NO2/c1-13(2)16-11-7-4-8-12-18-15-10-6-5-9-14(15)17-3/h5-6,9-10,13,16H,4,7-8,11-12H2,1-3H3. The molecule has 0 atom stereocenters. The highest BCUT2D eigenvalue weighted by Crippen LogP contribution is 2.25. The molecule has 3 nitrogen and oxygen atoms in total. The maximum atomic E-state index is 5.71. The van der Waals surface area contributed by atoms with Gasteiger partial charge in [0.05, 0.1) is 13.7 Å². The van der Waals surface area contributed by atoms with Crippen LogP contribution in [0.1, 0.15) is 33.1 Å². The highest BCUT2D eigenvalue weighted by Gasteiger charge is 2.01. The van der Waals surface area contributed by atoms with Crippen LogP contribution >= 0.6 is 0 Å². The van der Waals surface area contributed by atoms with Gasteiger partial charge in [0.15, 0.2) is 11.5 Å². The molecule has 1 aromatic carbocycles. The smallest absolute Gasteiger partial charge is 0.161 e. The van der Waals surface area contributed by atoms with E-state index < -0.39 is 0 Å². The first-order valence-electron chi connectivity index (χ1n) is 6.73. The number of nitrogens with one attached hydrogen (secondary N) is 1. The zero-order chi connectivity index (χ0) is 13.2. The molecule has 0 saturated carbocycles. The Morgan fingerprint density at radius 3 is 2.44 bits per heavy atom. The van der Waals surface area contributed by atoms with Crippen molar-refractivity contribution in [2.45, 2.75) is 39.2 Å². The SMILES string of the molecule is COc1ccccc1OCCCCCNC(C)C. The average molecular weight is 251 g/mol. The van der Waals surface area contributed by atoms with Crippen LogP contribution in [0.5, 0.6) is 11.5 Å². The number of benzene rings is 1. The van der Waals surface area contributed by atoms with Gasteiger partial charge in [-0.2, -0.15) is 0 Å². The van der Waals surface area contributed by atoms with Crippen LogP contribution < -0.4 is 14.8 Å². The molecule has 1 rings (SSSR count). The van der Waals surface area contributed by atoms with Crippen molar-refractivity contribution in [1.82, 2.24) is 5.32 Å². The van der Waals surface area contributed by atoms with E-state index >= 15 is 0 Å². The van der Waals surface area contributed by atoms with Gasteiger partial charge in [-0.1, -0.05) is 26.0 Å². The van der Waals surface area contributed by atoms with Gasteiger partial charge in [-0.15, -0.1) is 0 Å². The van der Waals surface area contributed by atoms with Gasteiger partial charge in [0, 0.05) is 6.04 Å². The van der Waals surface area contributed by atoms with Gasteiger partial charge in [-0.05, 0) is 37.9 Å². The molecule has 0 bridgehead atoms. The van der Waals surface area contributed by atoms with E-state index in [0.29, 0.717) is 6.04 Å². The first-order chi connectivity index (χ1) is 8.74.